The van der Waals surface area contributed by atoms with E-state index in [2.05, 4.69) is 17.7 Å². The normalized spacial score (nSPS) is 10.2. The molecule has 0 fully saturated rings. The first kappa shape index (κ1) is 32.7. The Hall–Kier alpha value is -3.29. The monoisotopic (exact) mass is 534 g/mol. The van der Waals surface area contributed by atoms with Crippen LogP contribution in [-0.2, 0) is 31.9 Å². The van der Waals surface area contributed by atoms with Gasteiger partial charge in [0, 0.05) is 24.6 Å². The molecule has 0 heterocycles. The second-order valence-corrected chi connectivity index (χ2v) is 8.61. The van der Waals surface area contributed by atoms with Gasteiger partial charge in [-0.1, -0.05) is 38.3 Å². The third-order valence-corrected chi connectivity index (χ3v) is 5.57. The topological polar surface area (TPSA) is 91.3 Å². The lowest BCUT2D eigenvalue weighted by Gasteiger charge is -2.16. The number of esters is 1. The van der Waals surface area contributed by atoms with E-state index in [-0.39, 0.29) is 11.7 Å². The third kappa shape index (κ3) is 14.4. The van der Waals surface area contributed by atoms with Gasteiger partial charge in [0.25, 0.3) is 6.47 Å². The molecule has 0 bridgehead atoms. The van der Waals surface area contributed by atoms with Crippen molar-refractivity contribution < 1.29 is 38.0 Å². The maximum Gasteiger partial charge on any atom is 0.306 e. The van der Waals surface area contributed by atoms with Crippen molar-refractivity contribution in [2.45, 2.75) is 78.6 Å². The number of benzene rings is 2. The number of rotatable bonds is 18. The molecule has 0 atom stereocenters. The van der Waals surface area contributed by atoms with Gasteiger partial charge in [-0.05, 0) is 63.1 Å². The summed E-state index contributed by atoms with van der Waals surface area (Å²) < 4.78 is 34.1. The van der Waals surface area contributed by atoms with E-state index in [0.717, 1.165) is 62.3 Å². The SMILES string of the molecule is CCCCOc1cccc(CCCCCCOc2cc(O)cc(F)c2)c1CCC(=O)OCC.CCOC=O. The number of hydrogen-bond donors (Lipinski definition) is 1. The van der Waals surface area contributed by atoms with Crippen molar-refractivity contribution in [1.82, 2.24) is 0 Å². The molecule has 8 heteroatoms. The van der Waals surface area contributed by atoms with E-state index in [0.29, 0.717) is 51.5 Å². The molecular formula is C30H43FO7. The number of unbranched alkanes of at least 4 members (excludes halogenated alkanes) is 4. The van der Waals surface area contributed by atoms with Crippen LogP contribution in [0.4, 0.5) is 4.39 Å². The van der Waals surface area contributed by atoms with Gasteiger partial charge in [0.15, 0.2) is 0 Å². The first-order valence-electron chi connectivity index (χ1n) is 13.5. The van der Waals surface area contributed by atoms with Gasteiger partial charge in [0.1, 0.15) is 23.1 Å². The number of aromatic hydroxyl groups is 1. The van der Waals surface area contributed by atoms with Crippen molar-refractivity contribution in [3.05, 3.63) is 53.3 Å². The summed E-state index contributed by atoms with van der Waals surface area (Å²) in [5.74, 6) is 0.392. The summed E-state index contributed by atoms with van der Waals surface area (Å²) in [4.78, 5) is 21.1. The molecule has 2 aromatic carbocycles. The number of ether oxygens (including phenoxy) is 4. The molecule has 0 saturated heterocycles. The van der Waals surface area contributed by atoms with E-state index in [4.69, 9.17) is 14.2 Å². The zero-order chi connectivity index (χ0) is 28.0. The van der Waals surface area contributed by atoms with Crippen molar-refractivity contribution in [1.29, 1.82) is 0 Å². The molecule has 0 unspecified atom stereocenters. The van der Waals surface area contributed by atoms with Crippen molar-refractivity contribution in [2.24, 2.45) is 0 Å². The highest BCUT2D eigenvalue weighted by Gasteiger charge is 2.12. The Balaban J connectivity index is 0.00000132. The fourth-order valence-electron chi connectivity index (χ4n) is 3.71. The molecule has 0 aliphatic rings. The van der Waals surface area contributed by atoms with Crippen LogP contribution in [0.25, 0.3) is 0 Å². The minimum atomic E-state index is -0.510. The summed E-state index contributed by atoms with van der Waals surface area (Å²) in [6, 6.07) is 9.86. The van der Waals surface area contributed by atoms with Gasteiger partial charge < -0.3 is 24.1 Å². The van der Waals surface area contributed by atoms with E-state index in [9.17, 15) is 19.1 Å². The molecule has 2 rings (SSSR count). The van der Waals surface area contributed by atoms with Crippen LogP contribution in [0.2, 0.25) is 0 Å². The molecule has 1 N–H and O–H groups in total. The second-order valence-electron chi connectivity index (χ2n) is 8.61. The van der Waals surface area contributed by atoms with Crippen LogP contribution in [0.3, 0.4) is 0 Å². The minimum absolute atomic E-state index is 0.135. The number of halogens is 1. The van der Waals surface area contributed by atoms with Crippen molar-refractivity contribution in [2.75, 3.05) is 26.4 Å². The summed E-state index contributed by atoms with van der Waals surface area (Å²) in [5.41, 5.74) is 2.33. The van der Waals surface area contributed by atoms with Crippen LogP contribution < -0.4 is 9.47 Å². The first-order valence-corrected chi connectivity index (χ1v) is 13.5. The quantitative estimate of drug-likeness (QED) is 0.131. The summed E-state index contributed by atoms with van der Waals surface area (Å²) in [6.07, 6.45) is 7.86. The predicted octanol–water partition coefficient (Wildman–Crippen LogP) is 6.57. The van der Waals surface area contributed by atoms with Gasteiger partial charge in [-0.15, -0.1) is 0 Å². The highest BCUT2D eigenvalue weighted by Crippen LogP contribution is 2.26. The largest absolute Gasteiger partial charge is 0.508 e. The second kappa shape index (κ2) is 20.7. The molecule has 0 aliphatic carbocycles. The van der Waals surface area contributed by atoms with Crippen LogP contribution in [0.15, 0.2) is 36.4 Å². The van der Waals surface area contributed by atoms with Crippen LogP contribution in [0, 0.1) is 5.82 Å². The minimum Gasteiger partial charge on any atom is -0.508 e. The molecule has 0 spiro atoms. The lowest BCUT2D eigenvalue weighted by Crippen LogP contribution is -2.08. The van der Waals surface area contributed by atoms with Crippen LogP contribution in [0.1, 0.15) is 76.8 Å². The van der Waals surface area contributed by atoms with Crippen molar-refractivity contribution >= 4 is 12.4 Å². The van der Waals surface area contributed by atoms with E-state index in [1.165, 1.54) is 17.7 Å². The molecule has 0 radical (unpaired) electrons. The van der Waals surface area contributed by atoms with Gasteiger partial charge in [-0.2, -0.15) is 0 Å². The number of carbonyl (C=O) groups excluding carboxylic acids is 2. The number of hydrogen-bond acceptors (Lipinski definition) is 7. The fraction of sp³-hybridized carbons (Fsp3) is 0.533. The number of phenols is 1. The highest BCUT2D eigenvalue weighted by atomic mass is 19.1. The Morgan fingerprint density at radius 3 is 2.34 bits per heavy atom. The van der Waals surface area contributed by atoms with Crippen LogP contribution in [-0.4, -0.2) is 44.0 Å². The molecule has 0 saturated carbocycles. The molecule has 212 valence electrons. The molecule has 38 heavy (non-hydrogen) atoms. The van der Waals surface area contributed by atoms with Crippen molar-refractivity contribution in [3.8, 4) is 17.2 Å². The Labute approximate surface area is 226 Å². The highest BCUT2D eigenvalue weighted by molar-refractivity contribution is 5.70. The lowest BCUT2D eigenvalue weighted by molar-refractivity contribution is -0.143. The molecular weight excluding hydrogens is 491 g/mol. The molecule has 2 aromatic rings. The van der Waals surface area contributed by atoms with Gasteiger partial charge in [-0.3, -0.25) is 9.59 Å². The van der Waals surface area contributed by atoms with E-state index >= 15 is 0 Å². The van der Waals surface area contributed by atoms with Crippen LogP contribution in [0.5, 0.6) is 17.2 Å². The van der Waals surface area contributed by atoms with E-state index in [1.54, 1.807) is 6.92 Å². The number of phenolic OH excluding ortho intramolecular Hbond substituents is 1. The molecule has 0 aromatic heterocycles. The number of aryl methyl sites for hydroxylation is 1. The summed E-state index contributed by atoms with van der Waals surface area (Å²) in [7, 11) is 0. The molecule has 0 amide bonds. The Kier molecular flexibility index (Phi) is 17.9. The zero-order valence-corrected chi connectivity index (χ0v) is 23.0. The van der Waals surface area contributed by atoms with Gasteiger partial charge in [0.05, 0.1) is 26.4 Å². The average Bonchev–Trinajstić information content (AvgIpc) is 2.88. The van der Waals surface area contributed by atoms with E-state index in [1.807, 2.05) is 19.1 Å². The lowest BCUT2D eigenvalue weighted by atomic mass is 9.96. The van der Waals surface area contributed by atoms with E-state index < -0.39 is 5.82 Å². The maximum atomic E-state index is 13.3. The van der Waals surface area contributed by atoms with Crippen LogP contribution >= 0.6 is 0 Å². The van der Waals surface area contributed by atoms with Gasteiger partial charge in [-0.25, -0.2) is 4.39 Å². The Morgan fingerprint density at radius 1 is 0.921 bits per heavy atom. The summed E-state index contributed by atoms with van der Waals surface area (Å²) in [6.45, 7) is 8.17. The fourth-order valence-corrected chi connectivity index (χ4v) is 3.71. The standard InChI is InChI=1S/C27H37FO5.C3H6O2/c1-3-5-16-33-26-13-10-12-21(25(26)14-15-27(30)31-4-2)11-8-6-7-9-17-32-24-19-22(28)18-23(29)20-24;1-2-5-3-4/h10,12-13,18-20,29H,3-9,11,14-17H2,1-2H3;3H,2H2,1H3. The number of carbonyl (C=O) groups is 2. The Morgan fingerprint density at radius 2 is 1.68 bits per heavy atom. The van der Waals surface area contributed by atoms with Crippen molar-refractivity contribution in [3.63, 3.8) is 0 Å². The average molecular weight is 535 g/mol. The molecule has 7 nitrogen and oxygen atoms in total. The maximum absolute atomic E-state index is 13.3. The smallest absolute Gasteiger partial charge is 0.306 e. The first-order chi connectivity index (χ1) is 18.4. The summed E-state index contributed by atoms with van der Waals surface area (Å²) >= 11 is 0. The van der Waals surface area contributed by atoms with Gasteiger partial charge >= 0.3 is 5.97 Å². The zero-order valence-electron chi connectivity index (χ0n) is 23.0. The predicted molar refractivity (Wildman–Crippen MR) is 145 cm³/mol. The Bertz CT molecular complexity index is 913. The molecule has 0 aliphatic heterocycles. The van der Waals surface area contributed by atoms with Gasteiger partial charge in [0.2, 0.25) is 0 Å². The third-order valence-electron chi connectivity index (χ3n) is 5.57. The summed E-state index contributed by atoms with van der Waals surface area (Å²) in [5, 5.41) is 9.42.